The Morgan fingerprint density at radius 2 is 1.55 bits per heavy atom. The van der Waals surface area contributed by atoms with Gasteiger partial charge in [-0.1, -0.05) is 48.5 Å². The normalized spacial score (nSPS) is 13.0. The third-order valence-electron chi connectivity index (χ3n) is 5.41. The molecule has 1 heterocycles. The molecule has 29 heavy (non-hydrogen) atoms. The molecule has 1 aliphatic heterocycles. The molecule has 0 saturated carbocycles. The topological polar surface area (TPSA) is 49.4 Å². The molecule has 0 atom stereocenters. The van der Waals surface area contributed by atoms with E-state index in [9.17, 15) is 9.59 Å². The van der Waals surface area contributed by atoms with Crippen molar-refractivity contribution < 1.29 is 9.59 Å². The summed E-state index contributed by atoms with van der Waals surface area (Å²) >= 11 is 0. The van der Waals surface area contributed by atoms with Crippen LogP contribution < -0.4 is 10.2 Å². The molecule has 4 rings (SSSR count). The first kappa shape index (κ1) is 18.9. The van der Waals surface area contributed by atoms with Crippen molar-refractivity contribution in [2.45, 2.75) is 33.2 Å². The number of carbonyl (C=O) groups is 2. The number of nitrogens with zero attached hydrogens (tertiary/aromatic N) is 1. The van der Waals surface area contributed by atoms with E-state index in [0.717, 1.165) is 40.9 Å². The lowest BCUT2D eigenvalue weighted by atomic mass is 9.92. The van der Waals surface area contributed by atoms with Crippen LogP contribution in [-0.2, 0) is 29.0 Å². The van der Waals surface area contributed by atoms with Gasteiger partial charge in [0.2, 0.25) is 11.8 Å². The maximum atomic E-state index is 12.4. The molecule has 1 aliphatic rings. The van der Waals surface area contributed by atoms with Gasteiger partial charge in [0.15, 0.2) is 0 Å². The molecule has 3 aromatic carbocycles. The van der Waals surface area contributed by atoms with E-state index >= 15 is 0 Å². The lowest BCUT2D eigenvalue weighted by molar-refractivity contribution is -0.117. The van der Waals surface area contributed by atoms with Crippen LogP contribution in [-0.4, -0.2) is 11.8 Å². The molecule has 4 heteroatoms. The third kappa shape index (κ3) is 3.92. The number of hydrogen-bond acceptors (Lipinski definition) is 2. The summed E-state index contributed by atoms with van der Waals surface area (Å²) in [6, 6.07) is 22.4. The van der Waals surface area contributed by atoms with Crippen molar-refractivity contribution in [1.82, 2.24) is 0 Å². The third-order valence-corrected chi connectivity index (χ3v) is 5.41. The van der Waals surface area contributed by atoms with Crippen LogP contribution in [0.3, 0.4) is 0 Å². The highest BCUT2D eigenvalue weighted by molar-refractivity contribution is 5.94. The van der Waals surface area contributed by atoms with Gasteiger partial charge in [0, 0.05) is 30.8 Å². The molecule has 146 valence electrons. The van der Waals surface area contributed by atoms with Crippen LogP contribution in [0.15, 0.2) is 66.7 Å². The minimum Gasteiger partial charge on any atom is -0.326 e. The van der Waals surface area contributed by atoms with Crippen LogP contribution in [0.1, 0.15) is 30.5 Å². The molecular weight excluding hydrogens is 360 g/mol. The summed E-state index contributed by atoms with van der Waals surface area (Å²) in [5, 5.41) is 2.91. The number of para-hydroxylation sites is 2. The van der Waals surface area contributed by atoms with Gasteiger partial charge in [-0.15, -0.1) is 0 Å². The summed E-state index contributed by atoms with van der Waals surface area (Å²) < 4.78 is 0. The van der Waals surface area contributed by atoms with Gasteiger partial charge in [0.25, 0.3) is 0 Å². The van der Waals surface area contributed by atoms with Crippen molar-refractivity contribution in [2.75, 3.05) is 10.2 Å². The van der Waals surface area contributed by atoms with E-state index in [0.29, 0.717) is 6.54 Å². The maximum Gasteiger partial charge on any atom is 0.224 e. The van der Waals surface area contributed by atoms with Crippen molar-refractivity contribution >= 4 is 23.2 Å². The highest BCUT2D eigenvalue weighted by atomic mass is 16.2. The number of rotatable bonds is 2. The summed E-state index contributed by atoms with van der Waals surface area (Å²) in [7, 11) is 0. The molecule has 2 amide bonds. The van der Waals surface area contributed by atoms with Gasteiger partial charge in [-0.3, -0.25) is 9.59 Å². The summed E-state index contributed by atoms with van der Waals surface area (Å²) in [5.41, 5.74) is 7.40. The minimum absolute atomic E-state index is 0.0364. The van der Waals surface area contributed by atoms with Crippen LogP contribution in [0.25, 0.3) is 11.1 Å². The predicted molar refractivity (Wildman–Crippen MR) is 117 cm³/mol. The van der Waals surface area contributed by atoms with Crippen LogP contribution in [0, 0.1) is 0 Å². The summed E-state index contributed by atoms with van der Waals surface area (Å²) in [5.74, 6) is -0.0580. The zero-order valence-corrected chi connectivity index (χ0v) is 16.7. The molecule has 0 bridgehead atoms. The molecule has 4 nitrogen and oxygen atoms in total. The van der Waals surface area contributed by atoms with Gasteiger partial charge >= 0.3 is 0 Å². The van der Waals surface area contributed by atoms with Crippen LogP contribution in [0.5, 0.6) is 0 Å². The fourth-order valence-corrected chi connectivity index (χ4v) is 4.01. The first-order valence-corrected chi connectivity index (χ1v) is 9.88. The Hall–Kier alpha value is -3.40. The summed E-state index contributed by atoms with van der Waals surface area (Å²) in [6.07, 6.45) is 1.83. The minimum atomic E-state index is -0.0944. The smallest absolute Gasteiger partial charge is 0.224 e. The fourth-order valence-electron chi connectivity index (χ4n) is 4.01. The number of carbonyl (C=O) groups excluding carboxylic acids is 2. The number of fused-ring (bicyclic) bond motifs is 2. The van der Waals surface area contributed by atoms with E-state index in [1.165, 1.54) is 18.1 Å². The number of aryl methyl sites for hydroxylation is 2. The monoisotopic (exact) mass is 384 g/mol. The molecule has 0 radical (unpaired) electrons. The average molecular weight is 384 g/mol. The first-order valence-electron chi connectivity index (χ1n) is 9.88. The van der Waals surface area contributed by atoms with E-state index in [2.05, 4.69) is 29.6 Å². The second-order valence-electron chi connectivity index (χ2n) is 7.44. The number of hydrogen-bond donors (Lipinski definition) is 1. The number of benzene rings is 3. The quantitative estimate of drug-likeness (QED) is 0.679. The van der Waals surface area contributed by atoms with Crippen molar-refractivity contribution in [3.8, 4) is 11.1 Å². The standard InChI is InChI=1S/C25H24N2O2/c1-17(28)26-24-9-5-4-8-23(24)21-14-12-19-11-13-20-7-3-6-10-25(20)27(18(2)29)16-22(19)15-21/h3-10,12,14-15H,11,13,16H2,1-2H3,(H,26,28). The molecule has 3 aromatic rings. The van der Waals surface area contributed by atoms with Gasteiger partial charge in [0.05, 0.1) is 6.54 Å². The Morgan fingerprint density at radius 1 is 0.828 bits per heavy atom. The van der Waals surface area contributed by atoms with Gasteiger partial charge in [-0.05, 0) is 53.3 Å². The van der Waals surface area contributed by atoms with E-state index in [-0.39, 0.29) is 11.8 Å². The zero-order valence-electron chi connectivity index (χ0n) is 16.7. The van der Waals surface area contributed by atoms with Crippen LogP contribution in [0.2, 0.25) is 0 Å². The Bertz CT molecular complexity index is 1090. The average Bonchev–Trinajstić information content (AvgIpc) is 2.69. The van der Waals surface area contributed by atoms with E-state index < -0.39 is 0 Å². The predicted octanol–water partition coefficient (Wildman–Crippen LogP) is 4.96. The molecule has 0 aromatic heterocycles. The van der Waals surface area contributed by atoms with Gasteiger partial charge in [-0.2, -0.15) is 0 Å². The summed E-state index contributed by atoms with van der Waals surface area (Å²) in [6.45, 7) is 3.67. The van der Waals surface area contributed by atoms with E-state index in [1.54, 1.807) is 6.92 Å². The van der Waals surface area contributed by atoms with Gasteiger partial charge < -0.3 is 10.2 Å². The Morgan fingerprint density at radius 3 is 2.34 bits per heavy atom. The highest BCUT2D eigenvalue weighted by Gasteiger charge is 2.20. The second kappa shape index (κ2) is 7.92. The largest absolute Gasteiger partial charge is 0.326 e. The lowest BCUT2D eigenvalue weighted by Crippen LogP contribution is -2.30. The molecule has 0 unspecified atom stereocenters. The SMILES string of the molecule is CC(=O)Nc1ccccc1-c1ccc2c(c1)CN(C(C)=O)c1ccccc1CC2. The van der Waals surface area contributed by atoms with Gasteiger partial charge in [-0.25, -0.2) is 0 Å². The molecule has 0 fully saturated rings. The molecule has 0 aliphatic carbocycles. The Balaban J connectivity index is 1.77. The van der Waals surface area contributed by atoms with Gasteiger partial charge in [0.1, 0.15) is 0 Å². The lowest BCUT2D eigenvalue weighted by Gasteiger charge is -2.28. The second-order valence-corrected chi connectivity index (χ2v) is 7.44. The zero-order chi connectivity index (χ0) is 20.4. The number of anilines is 2. The van der Waals surface area contributed by atoms with E-state index in [1.807, 2.05) is 47.4 Å². The van der Waals surface area contributed by atoms with Crippen LogP contribution >= 0.6 is 0 Å². The fraction of sp³-hybridized carbons (Fsp3) is 0.200. The molecule has 0 saturated heterocycles. The van der Waals surface area contributed by atoms with Crippen molar-refractivity contribution in [1.29, 1.82) is 0 Å². The first-order chi connectivity index (χ1) is 14.0. The Kier molecular flexibility index (Phi) is 5.17. The number of nitrogens with one attached hydrogen (secondary N) is 1. The maximum absolute atomic E-state index is 12.4. The molecular formula is C25H24N2O2. The molecule has 1 N–H and O–H groups in total. The van der Waals surface area contributed by atoms with E-state index in [4.69, 9.17) is 0 Å². The highest BCUT2D eigenvalue weighted by Crippen LogP contribution is 2.33. The number of amides is 2. The Labute approximate surface area is 171 Å². The van der Waals surface area contributed by atoms with Crippen LogP contribution in [0.4, 0.5) is 11.4 Å². The van der Waals surface area contributed by atoms with Crippen molar-refractivity contribution in [3.63, 3.8) is 0 Å². The van der Waals surface area contributed by atoms with Crippen molar-refractivity contribution in [2.24, 2.45) is 0 Å². The summed E-state index contributed by atoms with van der Waals surface area (Å²) in [4.78, 5) is 25.9. The molecule has 0 spiro atoms. The van der Waals surface area contributed by atoms with Crippen molar-refractivity contribution in [3.05, 3.63) is 83.4 Å².